The van der Waals surface area contributed by atoms with Gasteiger partial charge in [0.2, 0.25) is 0 Å². The van der Waals surface area contributed by atoms with Gasteiger partial charge in [0.15, 0.2) is 0 Å². The molecule has 0 amide bonds. The van der Waals surface area contributed by atoms with Gasteiger partial charge in [0.1, 0.15) is 0 Å². The zero-order chi connectivity index (χ0) is 11.3. The number of rotatable bonds is 0. The molecule has 0 atom stereocenters. The van der Waals surface area contributed by atoms with E-state index in [4.69, 9.17) is 23.2 Å². The molecule has 0 saturated carbocycles. The molecule has 4 heteroatoms. The lowest BCUT2D eigenvalue weighted by Crippen LogP contribution is -1.89. The maximum Gasteiger partial charge on any atom is 0.0904 e. The molecule has 80 valence electrons. The third-order valence-corrected chi connectivity index (χ3v) is 3.14. The summed E-state index contributed by atoms with van der Waals surface area (Å²) in [5.74, 6) is 0. The smallest absolute Gasteiger partial charge is 0.0904 e. The summed E-state index contributed by atoms with van der Waals surface area (Å²) in [6, 6.07) is 5.65. The molecule has 1 aromatic carbocycles. The molecule has 0 spiro atoms. The van der Waals surface area contributed by atoms with Crippen molar-refractivity contribution in [3.8, 4) is 11.3 Å². The lowest BCUT2D eigenvalue weighted by molar-refractivity contribution is 0.902. The number of benzene rings is 1. The Balaban J connectivity index is 2.50. The van der Waals surface area contributed by atoms with E-state index in [0.717, 1.165) is 22.2 Å². The molecule has 2 nitrogen and oxygen atoms in total. The monoisotopic (exact) mass is 250 g/mol. The lowest BCUT2D eigenvalue weighted by Gasteiger charge is -2.01. The molecule has 0 saturated heterocycles. The van der Waals surface area contributed by atoms with Crippen LogP contribution < -0.4 is 0 Å². The van der Waals surface area contributed by atoms with E-state index >= 15 is 0 Å². The fourth-order valence-corrected chi connectivity index (χ4v) is 2.44. The Labute approximate surface area is 103 Å². The van der Waals surface area contributed by atoms with Crippen LogP contribution >= 0.6 is 23.2 Å². The van der Waals surface area contributed by atoms with Crippen molar-refractivity contribution in [1.29, 1.82) is 0 Å². The highest BCUT2D eigenvalue weighted by atomic mass is 35.5. The van der Waals surface area contributed by atoms with Gasteiger partial charge in [0.05, 0.1) is 16.2 Å². The van der Waals surface area contributed by atoms with Crippen LogP contribution in [0.2, 0.25) is 10.0 Å². The standard InChI is InChI=1S/C12H8Cl2N2/c1-16-3-2-8-9-4-7(13)5-10(14)12(9)15-11(8)6-16/h2-6H,1H3. The Kier molecular flexibility index (Phi) is 2.09. The number of nitrogens with zero attached hydrogens (tertiary/aromatic N) is 2. The van der Waals surface area contributed by atoms with Gasteiger partial charge in [-0.1, -0.05) is 23.2 Å². The van der Waals surface area contributed by atoms with Gasteiger partial charge in [0.25, 0.3) is 0 Å². The van der Waals surface area contributed by atoms with Crippen LogP contribution in [0.3, 0.4) is 0 Å². The third kappa shape index (κ3) is 1.38. The van der Waals surface area contributed by atoms with Crippen LogP contribution in [0.15, 0.2) is 30.6 Å². The van der Waals surface area contributed by atoms with Crippen molar-refractivity contribution in [2.45, 2.75) is 0 Å². The zero-order valence-corrected chi connectivity index (χ0v) is 10.0. The van der Waals surface area contributed by atoms with Gasteiger partial charge in [-0.25, -0.2) is 4.98 Å². The molecule has 0 bridgehead atoms. The van der Waals surface area contributed by atoms with Crippen molar-refractivity contribution >= 4 is 34.1 Å². The van der Waals surface area contributed by atoms with Gasteiger partial charge in [0, 0.05) is 35.4 Å². The van der Waals surface area contributed by atoms with Crippen LogP contribution in [0, 0.1) is 0 Å². The number of aromatic nitrogens is 2. The average Bonchev–Trinajstić information content (AvgIpc) is 2.56. The molecule has 0 aliphatic carbocycles. The van der Waals surface area contributed by atoms with Crippen molar-refractivity contribution < 1.29 is 0 Å². The first-order valence-corrected chi connectivity index (χ1v) is 5.61. The lowest BCUT2D eigenvalue weighted by atomic mass is 10.1. The number of halogens is 2. The highest BCUT2D eigenvalue weighted by Crippen LogP contribution is 2.36. The second-order valence-electron chi connectivity index (χ2n) is 3.80. The van der Waals surface area contributed by atoms with E-state index in [9.17, 15) is 0 Å². The Morgan fingerprint density at radius 3 is 2.88 bits per heavy atom. The predicted molar refractivity (Wildman–Crippen MR) is 67.4 cm³/mol. The Morgan fingerprint density at radius 2 is 2.06 bits per heavy atom. The van der Waals surface area contributed by atoms with E-state index in [-0.39, 0.29) is 0 Å². The molecule has 2 aliphatic heterocycles. The number of aryl methyl sites for hydroxylation is 1. The molecule has 3 rings (SSSR count). The molecular weight excluding hydrogens is 243 g/mol. The van der Waals surface area contributed by atoms with Gasteiger partial charge >= 0.3 is 0 Å². The van der Waals surface area contributed by atoms with Crippen molar-refractivity contribution in [2.75, 3.05) is 0 Å². The second kappa shape index (κ2) is 3.37. The van der Waals surface area contributed by atoms with Crippen molar-refractivity contribution in [2.24, 2.45) is 7.05 Å². The predicted octanol–water partition coefficient (Wildman–Crippen LogP) is 3.98. The summed E-state index contributed by atoms with van der Waals surface area (Å²) in [4.78, 5) is 4.51. The van der Waals surface area contributed by atoms with E-state index in [0.29, 0.717) is 10.0 Å². The fraction of sp³-hybridized carbons (Fsp3) is 0.0833. The largest absolute Gasteiger partial charge is 0.355 e. The van der Waals surface area contributed by atoms with Crippen LogP contribution in [0.25, 0.3) is 22.2 Å². The van der Waals surface area contributed by atoms with Gasteiger partial charge < -0.3 is 4.57 Å². The minimum Gasteiger partial charge on any atom is -0.355 e. The minimum absolute atomic E-state index is 0.598. The van der Waals surface area contributed by atoms with Crippen molar-refractivity contribution in [1.82, 2.24) is 9.55 Å². The van der Waals surface area contributed by atoms with Crippen molar-refractivity contribution in [3.63, 3.8) is 0 Å². The summed E-state index contributed by atoms with van der Waals surface area (Å²) in [5, 5.41) is 2.24. The Bertz CT molecular complexity index is 658. The SMILES string of the molecule is Cn1ccc2c3cc(Cl)cc(Cl)c3nc-2c1. The molecule has 16 heavy (non-hydrogen) atoms. The molecule has 2 aliphatic rings. The highest BCUT2D eigenvalue weighted by molar-refractivity contribution is 6.39. The van der Waals surface area contributed by atoms with Crippen LogP contribution in [0.5, 0.6) is 0 Å². The molecular formula is C12H8Cl2N2. The van der Waals surface area contributed by atoms with E-state index in [1.54, 1.807) is 6.07 Å². The van der Waals surface area contributed by atoms with E-state index in [1.807, 2.05) is 36.1 Å². The maximum atomic E-state index is 6.12. The number of hydrogen-bond acceptors (Lipinski definition) is 1. The first-order chi connectivity index (χ1) is 7.65. The summed E-state index contributed by atoms with van der Waals surface area (Å²) in [6.07, 6.45) is 3.96. The maximum absolute atomic E-state index is 6.12. The Hall–Kier alpha value is -1.25. The van der Waals surface area contributed by atoms with E-state index in [1.165, 1.54) is 0 Å². The molecule has 2 heterocycles. The quantitative estimate of drug-likeness (QED) is 0.590. The van der Waals surface area contributed by atoms with Crippen LogP contribution in [-0.2, 0) is 7.05 Å². The molecule has 0 unspecified atom stereocenters. The zero-order valence-electron chi connectivity index (χ0n) is 8.54. The van der Waals surface area contributed by atoms with Gasteiger partial charge in [-0.15, -0.1) is 0 Å². The van der Waals surface area contributed by atoms with Gasteiger partial charge in [-0.05, 0) is 18.2 Å². The fourth-order valence-electron chi connectivity index (χ4n) is 1.91. The van der Waals surface area contributed by atoms with E-state index in [2.05, 4.69) is 4.98 Å². The van der Waals surface area contributed by atoms with Crippen molar-refractivity contribution in [3.05, 3.63) is 40.6 Å². The third-order valence-electron chi connectivity index (χ3n) is 2.63. The van der Waals surface area contributed by atoms with E-state index < -0.39 is 0 Å². The number of hydrogen-bond donors (Lipinski definition) is 0. The first kappa shape index (κ1) is 9.94. The highest BCUT2D eigenvalue weighted by Gasteiger charge is 2.14. The molecule has 0 aromatic heterocycles. The normalized spacial score (nSPS) is 11.4. The van der Waals surface area contributed by atoms with Crippen LogP contribution in [-0.4, -0.2) is 9.55 Å². The minimum atomic E-state index is 0.598. The summed E-state index contributed by atoms with van der Waals surface area (Å²) in [6.45, 7) is 0. The topological polar surface area (TPSA) is 17.8 Å². The molecule has 0 N–H and O–H groups in total. The molecule has 0 radical (unpaired) electrons. The number of pyridine rings is 1. The van der Waals surface area contributed by atoms with Gasteiger partial charge in [-0.3, -0.25) is 0 Å². The Morgan fingerprint density at radius 1 is 1.25 bits per heavy atom. The van der Waals surface area contributed by atoms with Crippen LogP contribution in [0.4, 0.5) is 0 Å². The molecule has 0 fully saturated rings. The first-order valence-electron chi connectivity index (χ1n) is 4.85. The summed E-state index contributed by atoms with van der Waals surface area (Å²) < 4.78 is 1.96. The summed E-state index contributed by atoms with van der Waals surface area (Å²) in [7, 11) is 1.97. The second-order valence-corrected chi connectivity index (χ2v) is 4.65. The summed E-state index contributed by atoms with van der Waals surface area (Å²) in [5.41, 5.74) is 2.83. The molecule has 1 aromatic rings. The van der Waals surface area contributed by atoms with Crippen LogP contribution in [0.1, 0.15) is 0 Å². The van der Waals surface area contributed by atoms with Gasteiger partial charge in [-0.2, -0.15) is 0 Å². The average molecular weight is 251 g/mol. The number of fused-ring (bicyclic) bond motifs is 3. The summed E-state index contributed by atoms with van der Waals surface area (Å²) >= 11 is 12.1.